The predicted octanol–water partition coefficient (Wildman–Crippen LogP) is 6.81. The van der Waals surface area contributed by atoms with E-state index >= 15 is 0 Å². The lowest BCUT2D eigenvalue weighted by molar-refractivity contribution is 0.599. The molecule has 7 rings (SSSR count). The van der Waals surface area contributed by atoms with Crippen molar-refractivity contribution in [3.8, 4) is 16.1 Å². The van der Waals surface area contributed by atoms with E-state index in [4.69, 9.17) is 0 Å². The molecule has 1 aliphatic heterocycles. The molecule has 0 spiro atoms. The molecule has 4 aromatic carbocycles. The standard InChI is InChI=1S/C26H15NO2S2/c28-31(29)24-12-6-3-9-20(24)25-26(31)19-14-13-16(15-23(19)30-25)27-21-10-4-1-7-17(21)18-8-2-5-11-22(18)27/h1-15H. The highest BCUT2D eigenvalue weighted by Gasteiger charge is 2.36. The molecule has 0 aliphatic carbocycles. The Hall–Kier alpha value is -3.41. The first-order valence-corrected chi connectivity index (χ1v) is 12.3. The number of nitrogens with zero attached hydrogens (tertiary/aromatic N) is 1. The zero-order valence-electron chi connectivity index (χ0n) is 16.2. The molecule has 0 amide bonds. The minimum atomic E-state index is -3.48. The van der Waals surface area contributed by atoms with Crippen molar-refractivity contribution in [1.29, 1.82) is 0 Å². The monoisotopic (exact) mass is 437 g/mol. The van der Waals surface area contributed by atoms with E-state index in [0.717, 1.165) is 37.2 Å². The van der Waals surface area contributed by atoms with Gasteiger partial charge in [-0.2, -0.15) is 0 Å². The van der Waals surface area contributed by atoms with Gasteiger partial charge in [0.2, 0.25) is 9.84 Å². The quantitative estimate of drug-likeness (QED) is 0.283. The molecule has 3 nitrogen and oxygen atoms in total. The molecule has 0 saturated carbocycles. The topological polar surface area (TPSA) is 39.1 Å². The van der Waals surface area contributed by atoms with Crippen molar-refractivity contribution in [3.05, 3.63) is 91.0 Å². The SMILES string of the molecule is O=S1(=O)c2ccccc2-c2sc3cc(-n4c5ccccc5c5ccccc54)ccc3c21. The number of aromatic nitrogens is 1. The lowest BCUT2D eigenvalue weighted by Crippen LogP contribution is -1.97. The first-order chi connectivity index (χ1) is 15.1. The molecular weight excluding hydrogens is 422 g/mol. The molecule has 31 heavy (non-hydrogen) atoms. The van der Waals surface area contributed by atoms with E-state index in [1.165, 1.54) is 10.8 Å². The van der Waals surface area contributed by atoms with Crippen LogP contribution in [-0.2, 0) is 9.84 Å². The van der Waals surface area contributed by atoms with E-state index in [9.17, 15) is 8.42 Å². The number of hydrogen-bond acceptors (Lipinski definition) is 3. The average molecular weight is 438 g/mol. The van der Waals surface area contributed by atoms with Gasteiger partial charge in [0.1, 0.15) is 0 Å². The van der Waals surface area contributed by atoms with Crippen LogP contribution in [-0.4, -0.2) is 13.0 Å². The van der Waals surface area contributed by atoms with Crippen LogP contribution in [0.3, 0.4) is 0 Å². The second-order valence-corrected chi connectivity index (χ2v) is 10.7. The fourth-order valence-corrected chi connectivity index (χ4v) is 8.36. The summed E-state index contributed by atoms with van der Waals surface area (Å²) in [5.41, 5.74) is 4.14. The summed E-state index contributed by atoms with van der Waals surface area (Å²) < 4.78 is 29.7. The van der Waals surface area contributed by atoms with Crippen molar-refractivity contribution in [3.63, 3.8) is 0 Å². The largest absolute Gasteiger partial charge is 0.309 e. The first-order valence-electron chi connectivity index (χ1n) is 10.0. The molecule has 0 unspecified atom stereocenters. The van der Waals surface area contributed by atoms with Gasteiger partial charge < -0.3 is 4.57 Å². The normalized spacial score (nSPS) is 14.3. The fraction of sp³-hybridized carbons (Fsp3) is 0. The third kappa shape index (κ3) is 2.14. The van der Waals surface area contributed by atoms with Gasteiger partial charge in [-0.3, -0.25) is 0 Å². The van der Waals surface area contributed by atoms with Crippen LogP contribution in [0.15, 0.2) is 101 Å². The minimum absolute atomic E-state index is 0.421. The molecule has 0 atom stereocenters. The Kier molecular flexibility index (Phi) is 3.26. The minimum Gasteiger partial charge on any atom is -0.309 e. The maximum absolute atomic E-state index is 13.2. The molecule has 1 aliphatic rings. The molecule has 3 heterocycles. The van der Waals surface area contributed by atoms with Gasteiger partial charge in [-0.05, 0) is 30.3 Å². The number of benzene rings is 4. The van der Waals surface area contributed by atoms with Crippen molar-refractivity contribution in [2.45, 2.75) is 9.79 Å². The molecule has 0 saturated heterocycles. The molecule has 0 radical (unpaired) electrons. The van der Waals surface area contributed by atoms with Crippen LogP contribution in [0.5, 0.6) is 0 Å². The van der Waals surface area contributed by atoms with E-state index in [1.807, 2.05) is 24.3 Å². The Labute approximate surface area is 182 Å². The Morgan fingerprint density at radius 1 is 0.677 bits per heavy atom. The van der Waals surface area contributed by atoms with Crippen molar-refractivity contribution >= 4 is 53.1 Å². The van der Waals surface area contributed by atoms with E-state index in [2.05, 4.69) is 59.2 Å². The summed E-state index contributed by atoms with van der Waals surface area (Å²) in [6.07, 6.45) is 0. The fourth-order valence-electron chi connectivity index (χ4n) is 4.84. The summed E-state index contributed by atoms with van der Waals surface area (Å²) in [4.78, 5) is 1.73. The number of thiophene rings is 1. The van der Waals surface area contributed by atoms with E-state index in [0.29, 0.717) is 9.79 Å². The van der Waals surface area contributed by atoms with Gasteiger partial charge in [0.15, 0.2) is 0 Å². The summed E-state index contributed by atoms with van der Waals surface area (Å²) in [5.74, 6) is 0. The van der Waals surface area contributed by atoms with Crippen molar-refractivity contribution in [2.24, 2.45) is 0 Å². The van der Waals surface area contributed by atoms with Crippen LogP contribution in [0.25, 0.3) is 48.0 Å². The highest BCUT2D eigenvalue weighted by molar-refractivity contribution is 7.92. The molecule has 0 N–H and O–H groups in total. The number of fused-ring (bicyclic) bond motifs is 8. The van der Waals surface area contributed by atoms with E-state index < -0.39 is 9.84 Å². The number of para-hydroxylation sites is 2. The van der Waals surface area contributed by atoms with E-state index in [-0.39, 0.29) is 0 Å². The Bertz CT molecular complexity index is 1750. The maximum atomic E-state index is 13.2. The van der Waals surface area contributed by atoms with E-state index in [1.54, 1.807) is 23.5 Å². The van der Waals surface area contributed by atoms with Crippen LogP contribution in [0, 0.1) is 0 Å². The summed E-state index contributed by atoms with van der Waals surface area (Å²) in [6.45, 7) is 0. The van der Waals surface area contributed by atoms with Crippen LogP contribution >= 0.6 is 11.3 Å². The molecule has 148 valence electrons. The smallest absolute Gasteiger partial charge is 0.209 e. The second-order valence-electron chi connectivity index (χ2n) is 7.81. The zero-order chi connectivity index (χ0) is 20.7. The highest BCUT2D eigenvalue weighted by Crippen LogP contribution is 2.51. The Balaban J connectivity index is 1.55. The summed E-state index contributed by atoms with van der Waals surface area (Å²) in [6, 6.07) is 30.2. The second kappa shape index (κ2) is 5.84. The Morgan fingerprint density at radius 2 is 1.32 bits per heavy atom. The van der Waals surface area contributed by atoms with Crippen LogP contribution in [0.4, 0.5) is 0 Å². The van der Waals surface area contributed by atoms with Gasteiger partial charge in [-0.15, -0.1) is 11.3 Å². The first kappa shape index (κ1) is 17.3. The molecule has 6 aromatic rings. The lowest BCUT2D eigenvalue weighted by Gasteiger charge is -2.08. The van der Waals surface area contributed by atoms with Crippen LogP contribution < -0.4 is 0 Å². The summed E-state index contributed by atoms with van der Waals surface area (Å²) in [7, 11) is -3.48. The van der Waals surface area contributed by atoms with Gasteiger partial charge in [0.25, 0.3) is 0 Å². The van der Waals surface area contributed by atoms with Gasteiger partial charge in [0.05, 0.1) is 25.7 Å². The van der Waals surface area contributed by atoms with Gasteiger partial charge in [-0.1, -0.05) is 60.7 Å². The van der Waals surface area contributed by atoms with Crippen molar-refractivity contribution in [1.82, 2.24) is 4.57 Å². The molecule has 5 heteroatoms. The molecule has 0 fully saturated rings. The van der Waals surface area contributed by atoms with Crippen LogP contribution in [0.1, 0.15) is 0 Å². The van der Waals surface area contributed by atoms with Crippen LogP contribution in [0.2, 0.25) is 0 Å². The average Bonchev–Trinajstić information content (AvgIpc) is 3.41. The van der Waals surface area contributed by atoms with Gasteiger partial charge in [-0.25, -0.2) is 8.42 Å². The Morgan fingerprint density at radius 3 is 2.06 bits per heavy atom. The predicted molar refractivity (Wildman–Crippen MR) is 127 cm³/mol. The number of hydrogen-bond donors (Lipinski definition) is 0. The lowest BCUT2D eigenvalue weighted by atomic mass is 10.1. The highest BCUT2D eigenvalue weighted by atomic mass is 32.2. The third-order valence-corrected chi connectivity index (χ3v) is 9.37. The van der Waals surface area contributed by atoms with Gasteiger partial charge >= 0.3 is 0 Å². The molecular formula is C26H15NO2S2. The maximum Gasteiger partial charge on any atom is 0.209 e. The summed E-state index contributed by atoms with van der Waals surface area (Å²) >= 11 is 1.56. The van der Waals surface area contributed by atoms with Crippen molar-refractivity contribution < 1.29 is 8.42 Å². The summed E-state index contributed by atoms with van der Waals surface area (Å²) in [5, 5.41) is 3.23. The molecule has 0 bridgehead atoms. The molecule has 2 aromatic heterocycles. The van der Waals surface area contributed by atoms with Gasteiger partial charge in [0, 0.05) is 32.1 Å². The van der Waals surface area contributed by atoms with Crippen molar-refractivity contribution in [2.75, 3.05) is 0 Å². The zero-order valence-corrected chi connectivity index (χ0v) is 17.9. The third-order valence-electron chi connectivity index (χ3n) is 6.16. The number of rotatable bonds is 1. The number of sulfone groups is 1.